The van der Waals surface area contributed by atoms with Crippen LogP contribution in [0.3, 0.4) is 0 Å². The summed E-state index contributed by atoms with van der Waals surface area (Å²) in [6.45, 7) is 2.13. The molecular formula is C23H21N3O4S. The van der Waals surface area contributed by atoms with Crippen LogP contribution in [0.4, 0.5) is 5.13 Å². The minimum absolute atomic E-state index is 0.0333. The quantitative estimate of drug-likeness (QED) is 0.632. The molecule has 0 spiro atoms. The maximum absolute atomic E-state index is 12.9. The Morgan fingerprint density at radius 2 is 1.94 bits per heavy atom. The third kappa shape index (κ3) is 3.86. The zero-order valence-electron chi connectivity index (χ0n) is 16.9. The highest BCUT2D eigenvalue weighted by molar-refractivity contribution is 7.16. The van der Waals surface area contributed by atoms with Crippen molar-refractivity contribution in [3.05, 3.63) is 70.2 Å². The third-order valence-electron chi connectivity index (χ3n) is 5.55. The fourth-order valence-electron chi connectivity index (χ4n) is 3.88. The molecule has 7 nitrogen and oxygen atoms in total. The Kier molecular flexibility index (Phi) is 5.07. The van der Waals surface area contributed by atoms with Gasteiger partial charge in [-0.05, 0) is 43.5 Å². The van der Waals surface area contributed by atoms with Crippen LogP contribution in [0.1, 0.15) is 51.8 Å². The summed E-state index contributed by atoms with van der Waals surface area (Å²) in [5.74, 6) is 0.578. The van der Waals surface area contributed by atoms with Crippen molar-refractivity contribution in [2.45, 2.75) is 31.7 Å². The van der Waals surface area contributed by atoms with E-state index in [1.165, 1.54) is 11.3 Å². The topological polar surface area (TPSA) is 89.6 Å². The van der Waals surface area contributed by atoms with Crippen LogP contribution in [0.5, 0.6) is 11.5 Å². The molecule has 0 saturated carbocycles. The molecule has 2 aromatic carbocycles. The van der Waals surface area contributed by atoms with Gasteiger partial charge in [0, 0.05) is 10.4 Å². The average molecular weight is 436 g/mol. The number of carbonyl (C=O) groups is 2. The molecule has 2 N–H and O–H groups in total. The molecule has 5 rings (SSSR count). The molecule has 1 aliphatic carbocycles. The van der Waals surface area contributed by atoms with Gasteiger partial charge in [-0.15, -0.1) is 11.3 Å². The normalized spacial score (nSPS) is 17.1. The van der Waals surface area contributed by atoms with Gasteiger partial charge in [0.15, 0.2) is 16.6 Å². The van der Waals surface area contributed by atoms with Crippen molar-refractivity contribution in [2.24, 2.45) is 0 Å². The van der Waals surface area contributed by atoms with Gasteiger partial charge in [0.2, 0.25) is 12.7 Å². The average Bonchev–Trinajstić information content (AvgIpc) is 3.49. The van der Waals surface area contributed by atoms with Gasteiger partial charge in [0.25, 0.3) is 5.91 Å². The maximum Gasteiger partial charge on any atom is 0.257 e. The first-order chi connectivity index (χ1) is 15.1. The van der Waals surface area contributed by atoms with E-state index in [4.69, 9.17) is 9.47 Å². The number of hydrogen-bond donors (Lipinski definition) is 2. The van der Waals surface area contributed by atoms with Crippen molar-refractivity contribution < 1.29 is 19.1 Å². The summed E-state index contributed by atoms with van der Waals surface area (Å²) in [5.41, 5.74) is 2.29. The van der Waals surface area contributed by atoms with E-state index in [9.17, 15) is 9.59 Å². The van der Waals surface area contributed by atoms with Crippen LogP contribution >= 0.6 is 11.3 Å². The third-order valence-corrected chi connectivity index (χ3v) is 6.59. The number of anilines is 1. The van der Waals surface area contributed by atoms with E-state index in [-0.39, 0.29) is 30.6 Å². The van der Waals surface area contributed by atoms with Gasteiger partial charge in [0.1, 0.15) is 0 Å². The Bertz CT molecular complexity index is 1140. The number of nitrogens with zero attached hydrogens (tertiary/aromatic N) is 1. The predicted molar refractivity (Wildman–Crippen MR) is 117 cm³/mol. The second kappa shape index (κ2) is 8.03. The summed E-state index contributed by atoms with van der Waals surface area (Å²) in [4.78, 5) is 31.2. The van der Waals surface area contributed by atoms with Crippen LogP contribution in [-0.2, 0) is 11.2 Å². The second-order valence-corrected chi connectivity index (χ2v) is 8.67. The first-order valence-electron chi connectivity index (χ1n) is 10.1. The molecule has 0 fully saturated rings. The number of hydrogen-bond acceptors (Lipinski definition) is 6. The number of fused-ring (bicyclic) bond motifs is 2. The molecule has 1 aliphatic heterocycles. The van der Waals surface area contributed by atoms with Crippen molar-refractivity contribution in [1.29, 1.82) is 0 Å². The van der Waals surface area contributed by atoms with Crippen molar-refractivity contribution in [1.82, 2.24) is 10.3 Å². The lowest BCUT2D eigenvalue weighted by Crippen LogP contribution is -2.31. The number of rotatable bonds is 5. The molecule has 0 unspecified atom stereocenters. The van der Waals surface area contributed by atoms with Crippen molar-refractivity contribution in [3.63, 3.8) is 0 Å². The number of aromatic nitrogens is 1. The minimum atomic E-state index is -0.298. The summed E-state index contributed by atoms with van der Waals surface area (Å²) in [7, 11) is 0. The molecule has 1 aromatic heterocycles. The highest BCUT2D eigenvalue weighted by Gasteiger charge is 2.33. The number of ether oxygens (including phenoxy) is 2. The lowest BCUT2D eigenvalue weighted by Gasteiger charge is -2.17. The molecule has 0 saturated heterocycles. The van der Waals surface area contributed by atoms with E-state index in [1.54, 1.807) is 18.2 Å². The van der Waals surface area contributed by atoms with E-state index in [1.807, 2.05) is 37.3 Å². The highest BCUT2D eigenvalue weighted by atomic mass is 32.1. The fraction of sp³-hybridized carbons (Fsp3) is 0.261. The Morgan fingerprint density at radius 3 is 2.77 bits per heavy atom. The SMILES string of the molecule is C[C@H](NC(=O)[C@H]1CCc2sc(NC(=O)c3ccc4c(c3)OCO4)nc21)c1ccccc1. The number of aryl methyl sites for hydroxylation is 1. The van der Waals surface area contributed by atoms with Gasteiger partial charge in [-0.25, -0.2) is 4.98 Å². The molecule has 0 bridgehead atoms. The van der Waals surface area contributed by atoms with Crippen molar-refractivity contribution in [3.8, 4) is 11.5 Å². The smallest absolute Gasteiger partial charge is 0.257 e. The number of carbonyl (C=O) groups excluding carboxylic acids is 2. The molecule has 2 heterocycles. The van der Waals surface area contributed by atoms with E-state index in [0.717, 1.165) is 29.0 Å². The zero-order chi connectivity index (χ0) is 21.4. The number of amides is 2. The Labute approximate surface area is 183 Å². The Hall–Kier alpha value is -3.39. The van der Waals surface area contributed by atoms with Crippen molar-refractivity contribution in [2.75, 3.05) is 12.1 Å². The van der Waals surface area contributed by atoms with Gasteiger partial charge < -0.3 is 14.8 Å². The van der Waals surface area contributed by atoms with E-state index < -0.39 is 0 Å². The summed E-state index contributed by atoms with van der Waals surface area (Å²) >= 11 is 1.43. The van der Waals surface area contributed by atoms with Crippen molar-refractivity contribution >= 4 is 28.3 Å². The molecule has 3 aromatic rings. The standard InChI is InChI=1S/C23H21N3O4S/c1-13(14-5-3-2-4-6-14)24-22(28)16-8-10-19-20(16)25-23(31-19)26-21(27)15-7-9-17-18(11-15)30-12-29-17/h2-7,9,11,13,16H,8,10,12H2,1H3,(H,24,28)(H,25,26,27)/t13-,16-/m0/s1. The summed E-state index contributed by atoms with van der Waals surface area (Å²) in [6.07, 6.45) is 1.52. The summed E-state index contributed by atoms with van der Waals surface area (Å²) < 4.78 is 10.6. The number of nitrogens with one attached hydrogen (secondary N) is 2. The largest absolute Gasteiger partial charge is 0.454 e. The molecule has 2 atom stereocenters. The molecule has 158 valence electrons. The molecule has 31 heavy (non-hydrogen) atoms. The fourth-order valence-corrected chi connectivity index (χ4v) is 4.92. The highest BCUT2D eigenvalue weighted by Crippen LogP contribution is 2.39. The van der Waals surface area contributed by atoms with Gasteiger partial charge >= 0.3 is 0 Å². The molecule has 0 radical (unpaired) electrons. The van der Waals surface area contributed by atoms with Gasteiger partial charge in [-0.2, -0.15) is 0 Å². The van der Waals surface area contributed by atoms with Gasteiger partial charge in [-0.1, -0.05) is 30.3 Å². The molecule has 2 aliphatic rings. The monoisotopic (exact) mass is 435 g/mol. The molecule has 8 heteroatoms. The zero-order valence-corrected chi connectivity index (χ0v) is 17.7. The minimum Gasteiger partial charge on any atom is -0.454 e. The van der Waals surface area contributed by atoms with Crippen LogP contribution in [0.2, 0.25) is 0 Å². The van der Waals surface area contributed by atoms with Crippen LogP contribution in [0.15, 0.2) is 48.5 Å². The predicted octanol–water partition coefficient (Wildman–Crippen LogP) is 4.03. The van der Waals surface area contributed by atoms with E-state index >= 15 is 0 Å². The van der Waals surface area contributed by atoms with Gasteiger partial charge in [0.05, 0.1) is 17.7 Å². The lowest BCUT2D eigenvalue weighted by atomic mass is 10.0. The van der Waals surface area contributed by atoms with Crippen LogP contribution in [0.25, 0.3) is 0 Å². The van der Waals surface area contributed by atoms with Gasteiger partial charge in [-0.3, -0.25) is 14.9 Å². The first kappa shape index (κ1) is 19.6. The molecule has 2 amide bonds. The molecular weight excluding hydrogens is 414 g/mol. The van der Waals surface area contributed by atoms with Crippen LogP contribution < -0.4 is 20.1 Å². The first-order valence-corrected chi connectivity index (χ1v) is 11.0. The maximum atomic E-state index is 12.9. The number of thiazole rings is 1. The summed E-state index contributed by atoms with van der Waals surface area (Å²) in [6, 6.07) is 14.8. The summed E-state index contributed by atoms with van der Waals surface area (Å²) in [5, 5.41) is 6.44. The second-order valence-electron chi connectivity index (χ2n) is 7.58. The Balaban J connectivity index is 1.27. The number of benzene rings is 2. The van der Waals surface area contributed by atoms with Crippen LogP contribution in [0, 0.1) is 0 Å². The van der Waals surface area contributed by atoms with E-state index in [0.29, 0.717) is 22.2 Å². The Morgan fingerprint density at radius 1 is 1.13 bits per heavy atom. The van der Waals surface area contributed by atoms with Crippen LogP contribution in [-0.4, -0.2) is 23.6 Å². The lowest BCUT2D eigenvalue weighted by molar-refractivity contribution is -0.123. The van der Waals surface area contributed by atoms with E-state index in [2.05, 4.69) is 15.6 Å².